The van der Waals surface area contributed by atoms with E-state index >= 15 is 0 Å². The molecule has 1 amide bonds. The lowest BCUT2D eigenvalue weighted by Gasteiger charge is -2.26. The molecule has 3 aliphatic heterocycles. The summed E-state index contributed by atoms with van der Waals surface area (Å²) in [6.07, 6.45) is 2.96. The molecule has 22 heavy (non-hydrogen) atoms. The van der Waals surface area contributed by atoms with Crippen LogP contribution in [0.15, 0.2) is 5.38 Å². The second-order valence-corrected chi connectivity index (χ2v) is 7.79. The highest BCUT2D eigenvalue weighted by atomic mass is 32.1. The number of carbonyl (C=O) groups is 1. The molecule has 3 fully saturated rings. The van der Waals surface area contributed by atoms with Crippen LogP contribution in [0, 0.1) is 12.8 Å². The van der Waals surface area contributed by atoms with Gasteiger partial charge in [-0.15, -0.1) is 11.3 Å². The van der Waals surface area contributed by atoms with Gasteiger partial charge in [-0.25, -0.2) is 4.98 Å². The molecule has 120 valence electrons. The molecular weight excluding hydrogens is 298 g/mol. The number of aromatic nitrogens is 1. The quantitative estimate of drug-likeness (QED) is 0.846. The average Bonchev–Trinajstić information content (AvgIpc) is 3.23. The number of aryl methyl sites for hydroxylation is 1. The summed E-state index contributed by atoms with van der Waals surface area (Å²) in [7, 11) is 0. The average molecular weight is 321 g/mol. The largest absolute Gasteiger partial charge is 0.381 e. The predicted octanol–water partition coefficient (Wildman–Crippen LogP) is 1.66. The molecule has 3 atom stereocenters. The maximum Gasteiger partial charge on any atom is 0.224 e. The van der Waals surface area contributed by atoms with Gasteiger partial charge >= 0.3 is 0 Å². The van der Waals surface area contributed by atoms with E-state index in [0.29, 0.717) is 36.9 Å². The molecule has 4 rings (SSSR count). The summed E-state index contributed by atoms with van der Waals surface area (Å²) < 4.78 is 5.49. The van der Waals surface area contributed by atoms with Crippen LogP contribution < -0.4 is 0 Å². The second kappa shape index (κ2) is 5.91. The van der Waals surface area contributed by atoms with Gasteiger partial charge in [-0.2, -0.15) is 0 Å². The number of rotatable bonds is 4. The molecule has 0 unspecified atom stereocenters. The van der Waals surface area contributed by atoms with Gasteiger partial charge in [-0.3, -0.25) is 9.69 Å². The van der Waals surface area contributed by atoms with E-state index in [-0.39, 0.29) is 0 Å². The third kappa shape index (κ3) is 2.68. The second-order valence-electron chi connectivity index (χ2n) is 6.73. The highest BCUT2D eigenvalue weighted by Crippen LogP contribution is 2.34. The van der Waals surface area contributed by atoms with Crippen molar-refractivity contribution in [3.63, 3.8) is 0 Å². The summed E-state index contributed by atoms with van der Waals surface area (Å²) in [5, 5.41) is 3.16. The fraction of sp³-hybridized carbons (Fsp3) is 0.750. The van der Waals surface area contributed by atoms with E-state index in [1.165, 1.54) is 6.42 Å². The summed E-state index contributed by atoms with van der Waals surface area (Å²) in [6, 6.07) is 0.796. The molecule has 0 saturated carbocycles. The van der Waals surface area contributed by atoms with Crippen molar-refractivity contribution >= 4 is 17.2 Å². The highest BCUT2D eigenvalue weighted by Gasteiger charge is 2.47. The number of fused-ring (bicyclic) bond motifs is 1. The first-order valence-electron chi connectivity index (χ1n) is 8.23. The number of nitrogens with zero attached hydrogens (tertiary/aromatic N) is 3. The van der Waals surface area contributed by atoms with Gasteiger partial charge in [-0.1, -0.05) is 0 Å². The van der Waals surface area contributed by atoms with Crippen LogP contribution in [0.25, 0.3) is 0 Å². The number of ether oxygens (including phenoxy) is 1. The number of thiazole rings is 1. The molecule has 4 heterocycles. The minimum atomic E-state index is 0.299. The Kier molecular flexibility index (Phi) is 3.92. The van der Waals surface area contributed by atoms with Crippen LogP contribution in [0.3, 0.4) is 0 Å². The van der Waals surface area contributed by atoms with Crippen LogP contribution in [0.5, 0.6) is 0 Å². The first-order chi connectivity index (χ1) is 10.7. The van der Waals surface area contributed by atoms with E-state index in [0.717, 1.165) is 43.4 Å². The van der Waals surface area contributed by atoms with Gasteiger partial charge in [0.1, 0.15) is 0 Å². The number of likely N-dealkylation sites (tertiary alicyclic amines) is 2. The lowest BCUT2D eigenvalue weighted by Crippen LogP contribution is -2.38. The topological polar surface area (TPSA) is 45.7 Å². The van der Waals surface area contributed by atoms with Crippen LogP contribution in [0.2, 0.25) is 0 Å². The number of amides is 1. The predicted molar refractivity (Wildman–Crippen MR) is 84.7 cm³/mol. The van der Waals surface area contributed by atoms with Crippen molar-refractivity contribution in [2.24, 2.45) is 5.92 Å². The Labute approximate surface area is 135 Å². The van der Waals surface area contributed by atoms with Crippen LogP contribution in [0.1, 0.15) is 30.0 Å². The summed E-state index contributed by atoms with van der Waals surface area (Å²) >= 11 is 1.66. The Hall–Kier alpha value is -0.980. The minimum absolute atomic E-state index is 0.299. The maximum atomic E-state index is 12.4. The molecule has 0 radical (unpaired) electrons. The third-order valence-corrected chi connectivity index (χ3v) is 6.07. The summed E-state index contributed by atoms with van der Waals surface area (Å²) in [4.78, 5) is 21.6. The zero-order valence-corrected chi connectivity index (χ0v) is 13.8. The summed E-state index contributed by atoms with van der Waals surface area (Å²) in [5.41, 5.74) is 1.04. The van der Waals surface area contributed by atoms with Gasteiger partial charge in [0.15, 0.2) is 0 Å². The monoisotopic (exact) mass is 321 g/mol. The van der Waals surface area contributed by atoms with Gasteiger partial charge in [0, 0.05) is 43.6 Å². The molecule has 0 bridgehead atoms. The number of carbonyl (C=O) groups excluding carboxylic acids is 1. The Morgan fingerprint density at radius 3 is 3.05 bits per heavy atom. The molecule has 0 spiro atoms. The van der Waals surface area contributed by atoms with Gasteiger partial charge in [0.25, 0.3) is 0 Å². The molecule has 5 nitrogen and oxygen atoms in total. The Balaban J connectivity index is 1.42. The van der Waals surface area contributed by atoms with Crippen molar-refractivity contribution in [1.29, 1.82) is 0 Å². The van der Waals surface area contributed by atoms with E-state index < -0.39 is 0 Å². The smallest absolute Gasteiger partial charge is 0.224 e. The molecular formula is C16H23N3O2S. The van der Waals surface area contributed by atoms with Crippen LogP contribution in [0.4, 0.5) is 0 Å². The first-order valence-corrected chi connectivity index (χ1v) is 9.11. The lowest BCUT2D eigenvalue weighted by atomic mass is 10.1. The Morgan fingerprint density at radius 1 is 1.41 bits per heavy atom. The maximum absolute atomic E-state index is 12.4. The van der Waals surface area contributed by atoms with E-state index in [1.54, 1.807) is 11.3 Å². The van der Waals surface area contributed by atoms with Crippen molar-refractivity contribution in [3.8, 4) is 0 Å². The molecule has 1 aromatic heterocycles. The van der Waals surface area contributed by atoms with Gasteiger partial charge < -0.3 is 9.64 Å². The summed E-state index contributed by atoms with van der Waals surface area (Å²) in [5.74, 6) is 0.956. The lowest BCUT2D eigenvalue weighted by molar-refractivity contribution is -0.129. The zero-order valence-electron chi connectivity index (χ0n) is 13.0. The van der Waals surface area contributed by atoms with Gasteiger partial charge in [0.05, 0.1) is 23.9 Å². The van der Waals surface area contributed by atoms with Crippen molar-refractivity contribution in [3.05, 3.63) is 16.1 Å². The summed E-state index contributed by atoms with van der Waals surface area (Å²) in [6.45, 7) is 6.71. The van der Waals surface area contributed by atoms with Gasteiger partial charge in [0.2, 0.25) is 5.91 Å². The van der Waals surface area contributed by atoms with E-state index in [2.05, 4.69) is 20.2 Å². The number of hydrogen-bond acceptors (Lipinski definition) is 5. The van der Waals surface area contributed by atoms with E-state index in [4.69, 9.17) is 4.74 Å². The Bertz CT molecular complexity index is 555. The number of hydrogen-bond donors (Lipinski definition) is 0. The first kappa shape index (κ1) is 14.6. The van der Waals surface area contributed by atoms with Crippen molar-refractivity contribution in [2.45, 2.75) is 44.8 Å². The fourth-order valence-corrected chi connectivity index (χ4v) is 4.76. The Morgan fingerprint density at radius 2 is 2.32 bits per heavy atom. The standard InChI is InChI=1S/C16H23N3O2S/c1-11-17-13(10-22-11)8-19-14-2-4-18(15(14)6-16(19)20)7-12-3-5-21-9-12/h10,12,14-15H,2-9H2,1H3/t12-,14-,15+/m1/s1. The van der Waals surface area contributed by atoms with E-state index in [9.17, 15) is 4.79 Å². The van der Waals surface area contributed by atoms with Crippen LogP contribution >= 0.6 is 11.3 Å². The zero-order chi connectivity index (χ0) is 15.1. The molecule has 3 saturated heterocycles. The van der Waals surface area contributed by atoms with Crippen LogP contribution in [-0.4, -0.2) is 59.1 Å². The van der Waals surface area contributed by atoms with Crippen molar-refractivity contribution < 1.29 is 9.53 Å². The molecule has 0 N–H and O–H groups in total. The minimum Gasteiger partial charge on any atom is -0.381 e. The van der Waals surface area contributed by atoms with E-state index in [1.807, 2.05) is 6.92 Å². The highest BCUT2D eigenvalue weighted by molar-refractivity contribution is 7.09. The SMILES string of the molecule is Cc1nc(CN2C(=O)C[C@H]3[C@H]2CCN3C[C@H]2CCOC2)cs1. The molecule has 6 heteroatoms. The van der Waals surface area contributed by atoms with Gasteiger partial charge in [-0.05, 0) is 25.7 Å². The molecule has 0 aliphatic carbocycles. The van der Waals surface area contributed by atoms with Crippen molar-refractivity contribution in [1.82, 2.24) is 14.8 Å². The normalized spacial score (nSPS) is 32.1. The third-order valence-electron chi connectivity index (χ3n) is 5.25. The molecule has 3 aliphatic rings. The molecule has 0 aromatic carbocycles. The fourth-order valence-electron chi connectivity index (χ4n) is 4.16. The van der Waals surface area contributed by atoms with Crippen LogP contribution in [-0.2, 0) is 16.1 Å². The molecule has 1 aromatic rings. The van der Waals surface area contributed by atoms with Crippen molar-refractivity contribution in [2.75, 3.05) is 26.3 Å².